The van der Waals surface area contributed by atoms with Gasteiger partial charge in [0.15, 0.2) is 5.84 Å². The van der Waals surface area contributed by atoms with Gasteiger partial charge in [-0.15, -0.1) is 0 Å². The van der Waals surface area contributed by atoms with Crippen LogP contribution in [0.3, 0.4) is 0 Å². The highest BCUT2D eigenvalue weighted by molar-refractivity contribution is 6.01. The Morgan fingerprint density at radius 3 is 2.56 bits per heavy atom. The quantitative estimate of drug-likeness (QED) is 0.328. The van der Waals surface area contributed by atoms with Crippen LogP contribution in [0.1, 0.15) is 26.7 Å². The summed E-state index contributed by atoms with van der Waals surface area (Å²) in [4.78, 5) is 16.3. The van der Waals surface area contributed by atoms with Gasteiger partial charge in [-0.1, -0.05) is 12.1 Å². The van der Waals surface area contributed by atoms with Crippen molar-refractivity contribution in [1.29, 1.82) is 0 Å². The number of rotatable bonds is 4. The lowest BCUT2D eigenvalue weighted by molar-refractivity contribution is -0.134. The first-order valence-electron chi connectivity index (χ1n) is 6.47. The van der Waals surface area contributed by atoms with Crippen LogP contribution in [0.25, 0.3) is 0 Å². The number of nitrogens with zero attached hydrogens (tertiary/aromatic N) is 3. The molecule has 0 aromatic heterocycles. The van der Waals surface area contributed by atoms with E-state index >= 15 is 0 Å². The number of amidine groups is 1. The standard InChI is InChI=1S/C12H24N4O2/c1-4-16-7-5-10(6-8-16)15(3)12(17)9(2)11(13)14-18/h9-10,18H,4-8H2,1-3H3,(H2,13,14). The van der Waals surface area contributed by atoms with Gasteiger partial charge in [0.2, 0.25) is 5.91 Å². The lowest BCUT2D eigenvalue weighted by atomic mass is 10.0. The second-order valence-electron chi connectivity index (χ2n) is 4.86. The van der Waals surface area contributed by atoms with Crippen molar-refractivity contribution in [2.45, 2.75) is 32.7 Å². The molecular weight excluding hydrogens is 232 g/mol. The smallest absolute Gasteiger partial charge is 0.233 e. The molecule has 1 aliphatic rings. The SMILES string of the molecule is CCN1CCC(N(C)C(=O)C(C)C(N)=NO)CC1. The zero-order valence-electron chi connectivity index (χ0n) is 11.5. The van der Waals surface area contributed by atoms with E-state index < -0.39 is 5.92 Å². The van der Waals surface area contributed by atoms with Gasteiger partial charge in [-0.2, -0.15) is 0 Å². The third-order valence-corrected chi connectivity index (χ3v) is 3.83. The number of carbonyl (C=O) groups excluding carboxylic acids is 1. The van der Waals surface area contributed by atoms with E-state index in [2.05, 4.69) is 17.0 Å². The molecule has 0 radical (unpaired) electrons. The maximum Gasteiger partial charge on any atom is 0.233 e. The van der Waals surface area contributed by atoms with Crippen LogP contribution in [0.15, 0.2) is 5.16 Å². The highest BCUT2D eigenvalue weighted by Crippen LogP contribution is 2.17. The lowest BCUT2D eigenvalue weighted by Crippen LogP contribution is -2.48. The van der Waals surface area contributed by atoms with E-state index in [9.17, 15) is 4.79 Å². The highest BCUT2D eigenvalue weighted by atomic mass is 16.4. The Morgan fingerprint density at radius 2 is 2.11 bits per heavy atom. The number of amides is 1. The Hall–Kier alpha value is -1.30. The summed E-state index contributed by atoms with van der Waals surface area (Å²) in [6.07, 6.45) is 1.97. The van der Waals surface area contributed by atoms with Crippen molar-refractivity contribution in [2.24, 2.45) is 16.8 Å². The second kappa shape index (κ2) is 6.58. The molecule has 1 heterocycles. The van der Waals surface area contributed by atoms with E-state index in [4.69, 9.17) is 10.9 Å². The fourth-order valence-corrected chi connectivity index (χ4v) is 2.32. The Bertz CT molecular complexity index is 311. The third-order valence-electron chi connectivity index (χ3n) is 3.83. The number of nitrogens with two attached hydrogens (primary N) is 1. The zero-order valence-corrected chi connectivity index (χ0v) is 11.5. The maximum atomic E-state index is 12.1. The summed E-state index contributed by atoms with van der Waals surface area (Å²) in [5.74, 6) is -0.678. The van der Waals surface area contributed by atoms with Gasteiger partial charge in [0.25, 0.3) is 0 Å². The first-order valence-corrected chi connectivity index (χ1v) is 6.47. The van der Waals surface area contributed by atoms with Crippen molar-refractivity contribution in [3.05, 3.63) is 0 Å². The van der Waals surface area contributed by atoms with Crippen LogP contribution in [0.4, 0.5) is 0 Å². The molecule has 0 bridgehead atoms. The molecule has 1 saturated heterocycles. The molecule has 1 aliphatic heterocycles. The first kappa shape index (κ1) is 14.8. The summed E-state index contributed by atoms with van der Waals surface area (Å²) in [5, 5.41) is 11.5. The predicted octanol–water partition coefficient (Wildman–Crippen LogP) is 0.312. The van der Waals surface area contributed by atoms with E-state index in [-0.39, 0.29) is 17.8 Å². The number of piperidine rings is 1. The van der Waals surface area contributed by atoms with Crippen molar-refractivity contribution >= 4 is 11.7 Å². The number of hydrogen-bond acceptors (Lipinski definition) is 4. The van der Waals surface area contributed by atoms with Crippen LogP contribution < -0.4 is 5.73 Å². The van der Waals surface area contributed by atoms with E-state index in [0.29, 0.717) is 0 Å². The van der Waals surface area contributed by atoms with Gasteiger partial charge >= 0.3 is 0 Å². The average Bonchev–Trinajstić information content (AvgIpc) is 2.44. The molecule has 0 aromatic rings. The largest absolute Gasteiger partial charge is 0.409 e. The summed E-state index contributed by atoms with van der Waals surface area (Å²) in [7, 11) is 1.80. The molecule has 0 saturated carbocycles. The van der Waals surface area contributed by atoms with E-state index in [0.717, 1.165) is 32.5 Å². The number of oxime groups is 1. The second-order valence-corrected chi connectivity index (χ2v) is 4.86. The number of carbonyl (C=O) groups is 1. The monoisotopic (exact) mass is 256 g/mol. The molecule has 18 heavy (non-hydrogen) atoms. The van der Waals surface area contributed by atoms with Crippen molar-refractivity contribution in [3.8, 4) is 0 Å². The minimum atomic E-state index is -0.566. The summed E-state index contributed by atoms with van der Waals surface area (Å²) < 4.78 is 0. The Kier molecular flexibility index (Phi) is 5.40. The first-order chi connectivity index (χ1) is 8.51. The number of hydrogen-bond donors (Lipinski definition) is 2. The van der Waals surface area contributed by atoms with E-state index in [1.165, 1.54) is 0 Å². The minimum Gasteiger partial charge on any atom is -0.409 e. The molecule has 1 amide bonds. The zero-order chi connectivity index (χ0) is 13.7. The van der Waals surface area contributed by atoms with Gasteiger partial charge in [0.1, 0.15) is 0 Å². The fraction of sp³-hybridized carbons (Fsp3) is 0.833. The summed E-state index contributed by atoms with van der Waals surface area (Å²) in [5.41, 5.74) is 5.47. The molecule has 104 valence electrons. The van der Waals surface area contributed by atoms with Gasteiger partial charge in [-0.25, -0.2) is 0 Å². The average molecular weight is 256 g/mol. The van der Waals surface area contributed by atoms with E-state index in [1.807, 2.05) is 0 Å². The molecule has 0 aromatic carbocycles. The summed E-state index contributed by atoms with van der Waals surface area (Å²) >= 11 is 0. The molecule has 0 spiro atoms. The van der Waals surface area contributed by atoms with Crippen LogP contribution >= 0.6 is 0 Å². The lowest BCUT2D eigenvalue weighted by Gasteiger charge is -2.37. The van der Waals surface area contributed by atoms with Gasteiger partial charge in [0.05, 0.1) is 5.92 Å². The van der Waals surface area contributed by atoms with Gasteiger partial charge in [-0.3, -0.25) is 4.79 Å². The summed E-state index contributed by atoms with van der Waals surface area (Å²) in [6, 6.07) is 0.259. The highest BCUT2D eigenvalue weighted by Gasteiger charge is 2.28. The van der Waals surface area contributed by atoms with Crippen LogP contribution in [-0.4, -0.2) is 59.5 Å². The topological polar surface area (TPSA) is 82.2 Å². The molecule has 3 N–H and O–H groups in total. The Labute approximate surface area is 108 Å². The van der Waals surface area contributed by atoms with Gasteiger partial charge in [-0.05, 0) is 26.3 Å². The van der Waals surface area contributed by atoms with Crippen LogP contribution in [-0.2, 0) is 4.79 Å². The predicted molar refractivity (Wildman–Crippen MR) is 70.5 cm³/mol. The Balaban J connectivity index is 2.55. The molecular formula is C12H24N4O2. The normalized spacial score (nSPS) is 20.7. The maximum absolute atomic E-state index is 12.1. The molecule has 1 unspecified atom stereocenters. The van der Waals surface area contributed by atoms with Gasteiger partial charge < -0.3 is 20.7 Å². The third kappa shape index (κ3) is 3.35. The molecule has 6 heteroatoms. The van der Waals surface area contributed by atoms with Crippen LogP contribution in [0.5, 0.6) is 0 Å². The van der Waals surface area contributed by atoms with Crippen molar-refractivity contribution in [2.75, 3.05) is 26.7 Å². The molecule has 1 rings (SSSR count). The fourth-order valence-electron chi connectivity index (χ4n) is 2.32. The molecule has 6 nitrogen and oxygen atoms in total. The molecule has 0 aliphatic carbocycles. The van der Waals surface area contributed by atoms with Crippen LogP contribution in [0, 0.1) is 5.92 Å². The van der Waals surface area contributed by atoms with Crippen LogP contribution in [0.2, 0.25) is 0 Å². The van der Waals surface area contributed by atoms with Crippen molar-refractivity contribution in [1.82, 2.24) is 9.80 Å². The minimum absolute atomic E-state index is 0.0298. The summed E-state index contributed by atoms with van der Waals surface area (Å²) in [6.45, 7) is 6.92. The van der Waals surface area contributed by atoms with Crippen molar-refractivity contribution < 1.29 is 10.0 Å². The van der Waals surface area contributed by atoms with Crippen molar-refractivity contribution in [3.63, 3.8) is 0 Å². The molecule has 1 atom stereocenters. The van der Waals surface area contributed by atoms with Gasteiger partial charge in [0, 0.05) is 26.2 Å². The number of likely N-dealkylation sites (tertiary alicyclic amines) is 1. The van der Waals surface area contributed by atoms with E-state index in [1.54, 1.807) is 18.9 Å². The molecule has 1 fully saturated rings. The Morgan fingerprint density at radius 1 is 1.56 bits per heavy atom.